The van der Waals surface area contributed by atoms with Crippen LogP contribution in [-0.4, -0.2) is 16.6 Å². The van der Waals surface area contributed by atoms with Gasteiger partial charge in [-0.3, -0.25) is 0 Å². The van der Waals surface area contributed by atoms with Crippen molar-refractivity contribution in [1.29, 1.82) is 0 Å². The Hall–Kier alpha value is -0.470. The summed E-state index contributed by atoms with van der Waals surface area (Å²) in [5.74, 6) is 3.15. The number of hydrogen-bond acceptors (Lipinski definition) is 2. The van der Waals surface area contributed by atoms with Gasteiger partial charge in [0.2, 0.25) is 0 Å². The molecule has 0 bridgehead atoms. The molecule has 0 amide bonds. The van der Waals surface area contributed by atoms with Crippen LogP contribution in [0.5, 0.6) is 0 Å². The van der Waals surface area contributed by atoms with Crippen LogP contribution in [0.2, 0.25) is 0 Å². The van der Waals surface area contributed by atoms with Crippen molar-refractivity contribution in [3.8, 4) is 0 Å². The Morgan fingerprint density at radius 2 is 1.47 bits per heavy atom. The Bertz CT molecular complexity index is 316. The number of rotatable bonds is 6. The number of hydrogen-bond donors (Lipinski definition) is 1. The van der Waals surface area contributed by atoms with Crippen LogP contribution in [0.15, 0.2) is 24.3 Å². The summed E-state index contributed by atoms with van der Waals surface area (Å²) in [5, 5.41) is 10.0. The molecule has 0 aliphatic carbocycles. The fourth-order valence-electron chi connectivity index (χ4n) is 1.61. The van der Waals surface area contributed by atoms with Crippen LogP contribution < -0.4 is 0 Å². The highest BCUT2D eigenvalue weighted by Crippen LogP contribution is 2.22. The van der Waals surface area contributed by atoms with Gasteiger partial charge in [-0.1, -0.05) is 52.0 Å². The zero-order valence-corrected chi connectivity index (χ0v) is 12.1. The minimum Gasteiger partial charge on any atom is -0.388 e. The standard InChI is InChI=1S/C15H24OS/c1-11(2)9-17-10-15(16)14-7-5-13(6-8-14)12(3)4/h5-8,11-12,15-16H,9-10H2,1-4H3. The maximum Gasteiger partial charge on any atom is 0.0880 e. The second kappa shape index (κ2) is 7.07. The molecule has 0 saturated carbocycles. The first-order chi connectivity index (χ1) is 8.00. The molecule has 96 valence electrons. The van der Waals surface area contributed by atoms with Crippen LogP contribution in [-0.2, 0) is 0 Å². The van der Waals surface area contributed by atoms with Gasteiger partial charge in [-0.15, -0.1) is 0 Å². The third-order valence-corrected chi connectivity index (χ3v) is 4.17. The fourth-order valence-corrected chi connectivity index (χ4v) is 2.64. The maximum absolute atomic E-state index is 10.0. The smallest absolute Gasteiger partial charge is 0.0880 e. The van der Waals surface area contributed by atoms with Crippen LogP contribution in [0, 0.1) is 5.92 Å². The molecular formula is C15H24OS. The van der Waals surface area contributed by atoms with Crippen LogP contribution in [0.1, 0.15) is 50.8 Å². The summed E-state index contributed by atoms with van der Waals surface area (Å²) in [7, 11) is 0. The highest BCUT2D eigenvalue weighted by molar-refractivity contribution is 7.99. The Balaban J connectivity index is 2.48. The van der Waals surface area contributed by atoms with Crippen molar-refractivity contribution in [3.05, 3.63) is 35.4 Å². The van der Waals surface area contributed by atoms with E-state index in [1.807, 2.05) is 11.8 Å². The van der Waals surface area contributed by atoms with Crippen molar-refractivity contribution in [3.63, 3.8) is 0 Å². The third-order valence-electron chi connectivity index (χ3n) is 2.71. The van der Waals surface area contributed by atoms with Gasteiger partial charge in [0.05, 0.1) is 6.10 Å². The van der Waals surface area contributed by atoms with Crippen LogP contribution >= 0.6 is 11.8 Å². The summed E-state index contributed by atoms with van der Waals surface area (Å²) in [6, 6.07) is 8.35. The minimum atomic E-state index is -0.333. The van der Waals surface area contributed by atoms with E-state index in [1.54, 1.807) is 0 Å². The van der Waals surface area contributed by atoms with Gasteiger partial charge >= 0.3 is 0 Å². The van der Waals surface area contributed by atoms with Crippen molar-refractivity contribution >= 4 is 11.8 Å². The molecule has 0 aromatic heterocycles. The van der Waals surface area contributed by atoms with Crippen molar-refractivity contribution in [2.75, 3.05) is 11.5 Å². The predicted octanol–water partition coefficient (Wildman–Crippen LogP) is 4.23. The molecule has 1 aromatic rings. The molecule has 1 nitrogen and oxygen atoms in total. The summed E-state index contributed by atoms with van der Waals surface area (Å²) < 4.78 is 0. The SMILES string of the molecule is CC(C)CSCC(O)c1ccc(C(C)C)cc1. The van der Waals surface area contributed by atoms with Gasteiger partial charge in [-0.05, 0) is 28.7 Å². The van der Waals surface area contributed by atoms with Crippen LogP contribution in [0.25, 0.3) is 0 Å². The molecule has 0 aliphatic heterocycles. The van der Waals surface area contributed by atoms with E-state index in [-0.39, 0.29) is 6.10 Å². The topological polar surface area (TPSA) is 20.2 Å². The van der Waals surface area contributed by atoms with Crippen molar-refractivity contribution in [2.45, 2.75) is 39.7 Å². The average molecular weight is 252 g/mol. The Kier molecular flexibility index (Phi) is 6.07. The second-order valence-electron chi connectivity index (χ2n) is 5.27. The summed E-state index contributed by atoms with van der Waals surface area (Å²) >= 11 is 1.82. The van der Waals surface area contributed by atoms with Gasteiger partial charge in [0, 0.05) is 5.75 Å². The molecule has 2 heteroatoms. The summed E-state index contributed by atoms with van der Waals surface area (Å²) in [5.41, 5.74) is 2.36. The Morgan fingerprint density at radius 1 is 0.941 bits per heavy atom. The van der Waals surface area contributed by atoms with E-state index in [9.17, 15) is 5.11 Å². The molecule has 17 heavy (non-hydrogen) atoms. The maximum atomic E-state index is 10.0. The normalized spacial score (nSPS) is 13.4. The molecule has 0 radical (unpaired) electrons. The van der Waals surface area contributed by atoms with E-state index in [0.29, 0.717) is 11.8 Å². The van der Waals surface area contributed by atoms with Gasteiger partial charge in [0.15, 0.2) is 0 Å². The molecule has 0 heterocycles. The van der Waals surface area contributed by atoms with Crippen molar-refractivity contribution in [2.24, 2.45) is 5.92 Å². The highest BCUT2D eigenvalue weighted by Gasteiger charge is 2.08. The van der Waals surface area contributed by atoms with Gasteiger partial charge in [-0.25, -0.2) is 0 Å². The van der Waals surface area contributed by atoms with Gasteiger partial charge in [0.1, 0.15) is 0 Å². The minimum absolute atomic E-state index is 0.333. The Labute approximate surface area is 110 Å². The molecule has 1 rings (SSSR count). The van der Waals surface area contributed by atoms with Crippen molar-refractivity contribution in [1.82, 2.24) is 0 Å². The van der Waals surface area contributed by atoms with Gasteiger partial charge in [-0.2, -0.15) is 11.8 Å². The molecule has 1 N–H and O–H groups in total. The molecule has 0 spiro atoms. The lowest BCUT2D eigenvalue weighted by atomic mass is 10.0. The lowest BCUT2D eigenvalue weighted by Gasteiger charge is -2.13. The predicted molar refractivity (Wildman–Crippen MR) is 77.7 cm³/mol. The van der Waals surface area contributed by atoms with Crippen LogP contribution in [0.3, 0.4) is 0 Å². The van der Waals surface area contributed by atoms with Crippen molar-refractivity contribution < 1.29 is 5.11 Å². The zero-order chi connectivity index (χ0) is 12.8. The number of thioether (sulfide) groups is 1. The fraction of sp³-hybridized carbons (Fsp3) is 0.600. The van der Waals surface area contributed by atoms with Gasteiger partial charge < -0.3 is 5.11 Å². The molecule has 1 atom stereocenters. The van der Waals surface area contributed by atoms with E-state index >= 15 is 0 Å². The average Bonchev–Trinajstić information content (AvgIpc) is 2.28. The number of benzene rings is 1. The van der Waals surface area contributed by atoms with E-state index in [2.05, 4.69) is 52.0 Å². The van der Waals surface area contributed by atoms with E-state index in [1.165, 1.54) is 5.56 Å². The third kappa shape index (κ3) is 5.13. The second-order valence-corrected chi connectivity index (χ2v) is 6.34. The number of aliphatic hydroxyl groups excluding tert-OH is 1. The molecule has 1 aromatic carbocycles. The first kappa shape index (κ1) is 14.6. The van der Waals surface area contributed by atoms with E-state index in [4.69, 9.17) is 0 Å². The summed E-state index contributed by atoms with van der Waals surface area (Å²) in [6.45, 7) is 8.78. The lowest BCUT2D eigenvalue weighted by Crippen LogP contribution is -2.03. The quantitative estimate of drug-likeness (QED) is 0.817. The molecule has 1 unspecified atom stereocenters. The lowest BCUT2D eigenvalue weighted by molar-refractivity contribution is 0.204. The largest absolute Gasteiger partial charge is 0.388 e. The molecule has 0 aliphatic rings. The monoisotopic (exact) mass is 252 g/mol. The Morgan fingerprint density at radius 3 is 1.94 bits per heavy atom. The molecule has 0 fully saturated rings. The first-order valence-electron chi connectivity index (χ1n) is 6.36. The van der Waals surface area contributed by atoms with E-state index in [0.717, 1.165) is 17.1 Å². The molecular weight excluding hydrogens is 228 g/mol. The zero-order valence-electron chi connectivity index (χ0n) is 11.3. The number of aliphatic hydroxyl groups is 1. The van der Waals surface area contributed by atoms with E-state index < -0.39 is 0 Å². The first-order valence-corrected chi connectivity index (χ1v) is 7.51. The summed E-state index contributed by atoms with van der Waals surface area (Å²) in [4.78, 5) is 0. The summed E-state index contributed by atoms with van der Waals surface area (Å²) in [6.07, 6.45) is -0.333. The molecule has 0 saturated heterocycles. The highest BCUT2D eigenvalue weighted by atomic mass is 32.2. The van der Waals surface area contributed by atoms with Crippen LogP contribution in [0.4, 0.5) is 0 Å². The van der Waals surface area contributed by atoms with Gasteiger partial charge in [0.25, 0.3) is 0 Å².